The molecule has 0 saturated heterocycles. The minimum absolute atomic E-state index is 0.159. The van der Waals surface area contributed by atoms with Crippen LogP contribution < -0.4 is 21.1 Å². The van der Waals surface area contributed by atoms with Crippen molar-refractivity contribution >= 4 is 66.7 Å². The molecule has 220 valence electrons. The van der Waals surface area contributed by atoms with Crippen LogP contribution in [-0.2, 0) is 0 Å². The molecule has 9 aromatic rings. The zero-order valence-electron chi connectivity index (χ0n) is 49.9. The number of hydrogen-bond acceptors (Lipinski definition) is 1. The Morgan fingerprint density at radius 1 is 0.468 bits per heavy atom. The Bertz CT molecular complexity index is 4020. The fraction of sp³-hybridized carbons (Fsp3) is 0.0233. The van der Waals surface area contributed by atoms with Crippen molar-refractivity contribution in [1.82, 2.24) is 9.13 Å². The number of rotatable bonds is 3. The van der Waals surface area contributed by atoms with E-state index in [0.29, 0.717) is 0 Å². The fourth-order valence-electron chi connectivity index (χ4n) is 6.11. The van der Waals surface area contributed by atoms with E-state index >= 15 is 0 Å². The fourth-order valence-corrected chi connectivity index (χ4v) is 6.11. The van der Waals surface area contributed by atoms with E-state index in [1.54, 1.807) is 0 Å². The Morgan fingerprint density at radius 3 is 1.77 bits per heavy atom. The first-order chi connectivity index (χ1) is 34.1. The second-order valence-corrected chi connectivity index (χ2v) is 10.6. The lowest BCUT2D eigenvalue weighted by molar-refractivity contribution is 0.487. The van der Waals surface area contributed by atoms with Crippen LogP contribution in [0.2, 0.25) is 0 Å². The minimum Gasteiger partial charge on any atom is -0.458 e. The molecule has 0 aliphatic carbocycles. The van der Waals surface area contributed by atoms with E-state index in [2.05, 4.69) is 0 Å². The third kappa shape index (κ3) is 3.82. The van der Waals surface area contributed by atoms with Crippen LogP contribution >= 0.6 is 0 Å². The highest BCUT2D eigenvalue weighted by Gasteiger charge is 2.34. The summed E-state index contributed by atoms with van der Waals surface area (Å²) in [6, 6.07) is -22.3. The van der Waals surface area contributed by atoms with Gasteiger partial charge in [-0.05, 0) is 77.7 Å². The molecule has 0 unspecified atom stereocenters. The average molecular weight is 627 g/mol. The molecule has 1 aliphatic heterocycles. The van der Waals surface area contributed by atoms with Gasteiger partial charge in [-0.15, -0.1) is 0 Å². The Labute approximate surface area is 309 Å². The highest BCUT2D eigenvalue weighted by Crippen LogP contribution is 2.37. The summed E-state index contributed by atoms with van der Waals surface area (Å²) >= 11 is 0. The van der Waals surface area contributed by atoms with Crippen LogP contribution in [0, 0.1) is 6.92 Å². The van der Waals surface area contributed by atoms with Gasteiger partial charge in [0.2, 0.25) is 0 Å². The van der Waals surface area contributed by atoms with Crippen molar-refractivity contribution in [3.63, 3.8) is 0 Å². The topological polar surface area (TPSA) is 19.1 Å². The Morgan fingerprint density at radius 2 is 1.02 bits per heavy atom. The maximum absolute atomic E-state index is 10.0. The molecule has 2 aromatic heterocycles. The Kier molecular flexibility index (Phi) is 2.42. The first-order valence-corrected chi connectivity index (χ1v) is 14.1. The second kappa shape index (κ2) is 10.0. The number of hydrogen-bond donors (Lipinski definition) is 0. The van der Waals surface area contributed by atoms with Crippen LogP contribution in [0.1, 0.15) is 41.2 Å². The summed E-state index contributed by atoms with van der Waals surface area (Å²) in [5.74, 6) is -1.25. The molecule has 0 N–H and O–H groups in total. The Balaban J connectivity index is 1.50. The summed E-state index contributed by atoms with van der Waals surface area (Å²) in [6.07, 6.45) is 0. The molecule has 4 heteroatoms. The molecule has 0 radical (unpaired) electrons. The highest BCUT2D eigenvalue weighted by atomic mass is 16.5. The van der Waals surface area contributed by atoms with E-state index in [1.807, 2.05) is 0 Å². The highest BCUT2D eigenvalue weighted by molar-refractivity contribution is 6.97. The van der Waals surface area contributed by atoms with Crippen LogP contribution in [0.3, 0.4) is 0 Å². The largest absolute Gasteiger partial charge is 0.458 e. The lowest BCUT2D eigenvalue weighted by Crippen LogP contribution is -2.55. The van der Waals surface area contributed by atoms with Crippen molar-refractivity contribution in [3.05, 3.63) is 163 Å². The van der Waals surface area contributed by atoms with Crippen molar-refractivity contribution in [2.24, 2.45) is 0 Å². The van der Waals surface area contributed by atoms with Crippen LogP contribution in [-0.4, -0.2) is 15.8 Å². The van der Waals surface area contributed by atoms with E-state index in [9.17, 15) is 12.3 Å². The van der Waals surface area contributed by atoms with Gasteiger partial charge < -0.3 is 13.9 Å². The first-order valence-electron chi connectivity index (χ1n) is 27.1. The second-order valence-electron chi connectivity index (χ2n) is 10.6. The smallest absolute Gasteiger partial charge is 0.253 e. The molecule has 3 heterocycles. The number of ether oxygens (including phenoxy) is 1. The van der Waals surface area contributed by atoms with Gasteiger partial charge >= 0.3 is 0 Å². The molecule has 1 aliphatic rings. The van der Waals surface area contributed by atoms with E-state index in [1.165, 1.54) is 6.92 Å². The molecule has 3 nitrogen and oxygen atoms in total. The predicted octanol–water partition coefficient (Wildman–Crippen LogP) is 8.81. The summed E-state index contributed by atoms with van der Waals surface area (Å²) in [7, 11) is 0. The SMILES string of the molecule is [2H]c1c([2H])c([2H])c2c(c1[2H])Oc1c([2H])c([2H])c(C)c([2H])c1B2c1c([2H])c([2H])c([2H])c([2H])c1-n1c2c([2H])c([2H])c([2H])c([2H])c2c2c([2H])c(-n3c4c([2H])c([2H])c([2H])c([2H])c4c4c([2H])c([2H])c([2H])c([2H])c43)c([2H])c([2H])c21. The molecular weight excluding hydrogens is 571 g/mol. The number of benzene rings is 7. The van der Waals surface area contributed by atoms with E-state index in [0.717, 1.165) is 9.13 Å². The number of para-hydroxylation sites is 5. The van der Waals surface area contributed by atoms with Gasteiger partial charge in [-0.25, -0.2) is 0 Å². The van der Waals surface area contributed by atoms with Crippen molar-refractivity contribution < 1.29 is 40.4 Å². The Hall–Kier alpha value is -6.00. The molecule has 7 aromatic carbocycles. The average Bonchev–Trinajstić information content (AvgIpc) is 3.91. The van der Waals surface area contributed by atoms with Gasteiger partial charge in [0.25, 0.3) is 6.71 Å². The van der Waals surface area contributed by atoms with Gasteiger partial charge in [0.15, 0.2) is 0 Å². The van der Waals surface area contributed by atoms with Crippen molar-refractivity contribution in [2.75, 3.05) is 0 Å². The summed E-state index contributed by atoms with van der Waals surface area (Å²) in [5, 5.41) is -2.16. The number of aromatic nitrogens is 2. The van der Waals surface area contributed by atoms with Gasteiger partial charge in [0.1, 0.15) is 11.5 Å². The summed E-state index contributed by atoms with van der Waals surface area (Å²) in [4.78, 5) is 0. The molecule has 0 fully saturated rings. The standard InChI is InChI=1S/C43H29BN2O/c1-28-22-25-43-36(26-28)44(35-16-6-11-21-42(35)47-43)34-15-5-10-20-41(34)46-39-19-9-4-14-32(39)33-27-29(23-24-40(33)46)45-37-17-7-2-12-30(37)31-13-3-8-18-38(31)45/h2-27H,1H3/i2D,3D,4D,5D,6D,7D,8D,9D,10D,11D,12D,13D,14D,15D,16D,17D,18D,19D,20D,21D,22D,23D,24D,25D,26D,27D. The lowest BCUT2D eigenvalue weighted by atomic mass is 9.35. The third-order valence-corrected chi connectivity index (χ3v) is 8.00. The van der Waals surface area contributed by atoms with Gasteiger partial charge in [-0.1, -0.05) is 108 Å². The van der Waals surface area contributed by atoms with Crippen molar-refractivity contribution in [3.8, 4) is 22.9 Å². The van der Waals surface area contributed by atoms with Crippen LogP contribution in [0.4, 0.5) is 0 Å². The van der Waals surface area contributed by atoms with Crippen LogP contribution in [0.25, 0.3) is 55.0 Å². The van der Waals surface area contributed by atoms with Gasteiger partial charge in [-0.2, -0.15) is 0 Å². The van der Waals surface area contributed by atoms with Gasteiger partial charge in [0.05, 0.1) is 57.7 Å². The van der Waals surface area contributed by atoms with Crippen LogP contribution in [0.15, 0.2) is 157 Å². The molecule has 0 saturated carbocycles. The zero-order chi connectivity index (χ0) is 53.7. The number of nitrogens with zero attached hydrogens (tertiary/aromatic N) is 2. The number of fused-ring (bicyclic) bond motifs is 8. The molecule has 0 atom stereocenters. The third-order valence-electron chi connectivity index (χ3n) is 8.00. The quantitative estimate of drug-likeness (QED) is 0.179. The summed E-state index contributed by atoms with van der Waals surface area (Å²) in [6.45, 7) is -0.678. The normalized spacial score (nSPS) is 20.2. The first kappa shape index (κ1) is 11.4. The summed E-state index contributed by atoms with van der Waals surface area (Å²) < 4.78 is 243. The van der Waals surface area contributed by atoms with Crippen molar-refractivity contribution in [1.29, 1.82) is 0 Å². The maximum atomic E-state index is 10.0. The predicted molar refractivity (Wildman–Crippen MR) is 197 cm³/mol. The maximum Gasteiger partial charge on any atom is 0.253 e. The minimum atomic E-state index is -1.97. The molecule has 0 bridgehead atoms. The molecule has 10 rings (SSSR count). The van der Waals surface area contributed by atoms with E-state index < -0.39 is 247 Å². The molecule has 47 heavy (non-hydrogen) atoms. The van der Waals surface area contributed by atoms with E-state index in [-0.39, 0.29) is 5.56 Å². The molecule has 0 amide bonds. The van der Waals surface area contributed by atoms with Crippen LogP contribution in [0.5, 0.6) is 11.5 Å². The molecular formula is C43H29BN2O. The molecule has 0 spiro atoms. The zero-order valence-corrected chi connectivity index (χ0v) is 23.9. The van der Waals surface area contributed by atoms with E-state index in [4.69, 9.17) is 28.0 Å². The lowest BCUT2D eigenvalue weighted by Gasteiger charge is -2.28. The van der Waals surface area contributed by atoms with Crippen molar-refractivity contribution in [2.45, 2.75) is 6.92 Å². The monoisotopic (exact) mass is 626 g/mol. The summed E-state index contributed by atoms with van der Waals surface area (Å²) in [5.41, 5.74) is -5.84. The van der Waals surface area contributed by atoms with Gasteiger partial charge in [-0.3, -0.25) is 0 Å². The van der Waals surface area contributed by atoms with Gasteiger partial charge in [0, 0.05) is 32.9 Å².